The normalized spacial score (nSPS) is 27.9. The van der Waals surface area contributed by atoms with Gasteiger partial charge in [0.15, 0.2) is 0 Å². The molecule has 2 atom stereocenters. The smallest absolute Gasteiger partial charge is 0.211 e. The number of ether oxygens (including phenoxy) is 2. The lowest BCUT2D eigenvalue weighted by Crippen LogP contribution is -2.54. The van der Waals surface area contributed by atoms with E-state index in [0.29, 0.717) is 5.92 Å². The molecule has 0 spiro atoms. The van der Waals surface area contributed by atoms with Crippen LogP contribution in [0.1, 0.15) is 87.3 Å². The van der Waals surface area contributed by atoms with Crippen molar-refractivity contribution in [3.63, 3.8) is 0 Å². The zero-order valence-electron chi connectivity index (χ0n) is 23.8. The predicted octanol–water partition coefficient (Wildman–Crippen LogP) is 9.86. The van der Waals surface area contributed by atoms with Crippen molar-refractivity contribution in [2.45, 2.75) is 82.5 Å². The van der Waals surface area contributed by atoms with E-state index in [1.807, 2.05) is 0 Å². The fourth-order valence-corrected chi connectivity index (χ4v) is 9.06. The van der Waals surface area contributed by atoms with Crippen molar-refractivity contribution in [2.24, 2.45) is 17.8 Å². The van der Waals surface area contributed by atoms with E-state index in [-0.39, 0.29) is 17.8 Å². The summed E-state index contributed by atoms with van der Waals surface area (Å²) >= 11 is 0. The first-order valence-electron chi connectivity index (χ1n) is 15.6. The molecule has 0 aromatic heterocycles. The Morgan fingerprint density at radius 1 is 0.725 bits per heavy atom. The number of hydrogen-bond acceptors (Lipinski definition) is 2. The lowest BCUT2D eigenvalue weighted by Gasteiger charge is -2.57. The molecule has 4 aromatic carbocycles. The van der Waals surface area contributed by atoms with Gasteiger partial charge in [-0.3, -0.25) is 0 Å². The second kappa shape index (κ2) is 9.48. The van der Waals surface area contributed by atoms with Gasteiger partial charge >= 0.3 is 0 Å². The molecule has 40 heavy (non-hydrogen) atoms. The van der Waals surface area contributed by atoms with Gasteiger partial charge in [0.05, 0.1) is 11.5 Å². The van der Waals surface area contributed by atoms with E-state index in [4.69, 9.17) is 9.47 Å². The Morgan fingerprint density at radius 2 is 1.30 bits per heavy atom. The molecule has 0 N–H and O–H groups in total. The van der Waals surface area contributed by atoms with Crippen LogP contribution in [0.15, 0.2) is 84.9 Å². The molecular formula is C38H40O2. The summed E-state index contributed by atoms with van der Waals surface area (Å²) in [6.45, 7) is 4.57. The third kappa shape index (κ3) is 4.10. The van der Waals surface area contributed by atoms with Crippen molar-refractivity contribution in [1.82, 2.24) is 0 Å². The fourth-order valence-electron chi connectivity index (χ4n) is 9.06. The van der Waals surface area contributed by atoms with Gasteiger partial charge in [0.1, 0.15) is 5.75 Å². The summed E-state index contributed by atoms with van der Waals surface area (Å²) in [7, 11) is 0. The van der Waals surface area contributed by atoms with Crippen LogP contribution < -0.4 is 4.74 Å². The zero-order valence-corrected chi connectivity index (χ0v) is 23.8. The molecule has 2 unspecified atom stereocenters. The van der Waals surface area contributed by atoms with E-state index in [0.717, 1.165) is 29.9 Å². The third-order valence-electron chi connectivity index (χ3n) is 10.8. The Kier molecular flexibility index (Phi) is 5.85. The molecule has 0 radical (unpaired) electrons. The zero-order chi connectivity index (χ0) is 26.8. The highest BCUT2D eigenvalue weighted by Gasteiger charge is 2.54. The average molecular weight is 529 g/mol. The van der Waals surface area contributed by atoms with Gasteiger partial charge in [-0.15, -0.1) is 0 Å². The topological polar surface area (TPSA) is 18.5 Å². The van der Waals surface area contributed by atoms with Crippen LogP contribution in [-0.2, 0) is 4.74 Å². The maximum Gasteiger partial charge on any atom is 0.211 e. The van der Waals surface area contributed by atoms with E-state index >= 15 is 0 Å². The summed E-state index contributed by atoms with van der Waals surface area (Å²) < 4.78 is 14.4. The van der Waals surface area contributed by atoms with Gasteiger partial charge in [-0.25, -0.2) is 0 Å². The summed E-state index contributed by atoms with van der Waals surface area (Å²) in [6.07, 6.45) is 8.62. The quantitative estimate of drug-likeness (QED) is 0.222. The van der Waals surface area contributed by atoms with Crippen LogP contribution in [0.2, 0.25) is 0 Å². The van der Waals surface area contributed by atoms with Gasteiger partial charge in [-0.05, 0) is 119 Å². The summed E-state index contributed by atoms with van der Waals surface area (Å²) in [5, 5.41) is 2.51. The molecule has 9 rings (SSSR count). The van der Waals surface area contributed by atoms with E-state index in [1.165, 1.54) is 77.1 Å². The second-order valence-corrected chi connectivity index (χ2v) is 13.4. The van der Waals surface area contributed by atoms with Crippen LogP contribution >= 0.6 is 0 Å². The van der Waals surface area contributed by atoms with Gasteiger partial charge in [0.25, 0.3) is 0 Å². The Labute approximate surface area is 238 Å². The monoisotopic (exact) mass is 528 g/mol. The van der Waals surface area contributed by atoms with Gasteiger partial charge in [0, 0.05) is 0 Å². The molecule has 204 valence electrons. The van der Waals surface area contributed by atoms with Gasteiger partial charge in [-0.2, -0.15) is 0 Å². The van der Waals surface area contributed by atoms with Crippen LogP contribution in [0.4, 0.5) is 0 Å². The summed E-state index contributed by atoms with van der Waals surface area (Å²) in [5.41, 5.74) is 6.66. The Balaban J connectivity index is 1.19. The molecule has 4 fully saturated rings. The molecular weight excluding hydrogens is 488 g/mol. The first-order chi connectivity index (χ1) is 19.6. The average Bonchev–Trinajstić information content (AvgIpc) is 3.30. The number of rotatable bonds is 7. The molecule has 5 aliphatic rings. The predicted molar refractivity (Wildman–Crippen MR) is 163 cm³/mol. The highest BCUT2D eigenvalue weighted by atomic mass is 16.7. The molecule has 2 heteroatoms. The Bertz CT molecular complexity index is 1490. The SMILES string of the molecule is CCC(C)c1ccc2cc(OC(OC34CC5CC(CC(C5)C3)C4)C3c4ccccc4-c4ccccc43)ccc2c1. The van der Waals surface area contributed by atoms with Crippen LogP contribution in [0, 0.1) is 17.8 Å². The first kappa shape index (κ1) is 24.7. The van der Waals surface area contributed by atoms with Crippen molar-refractivity contribution >= 4 is 10.8 Å². The van der Waals surface area contributed by atoms with Crippen LogP contribution in [-0.4, -0.2) is 11.9 Å². The molecule has 0 saturated heterocycles. The minimum atomic E-state index is -0.363. The highest BCUT2D eigenvalue weighted by Crippen LogP contribution is 2.58. The van der Waals surface area contributed by atoms with Gasteiger partial charge in [0.2, 0.25) is 6.29 Å². The molecule has 0 amide bonds. The van der Waals surface area contributed by atoms with Crippen LogP contribution in [0.5, 0.6) is 5.75 Å². The summed E-state index contributed by atoms with van der Waals surface area (Å²) in [4.78, 5) is 0. The number of fused-ring (bicyclic) bond motifs is 4. The van der Waals surface area contributed by atoms with Crippen molar-refractivity contribution < 1.29 is 9.47 Å². The van der Waals surface area contributed by atoms with Crippen LogP contribution in [0.25, 0.3) is 21.9 Å². The molecule has 0 aliphatic heterocycles. The number of hydrogen-bond donors (Lipinski definition) is 0. The van der Waals surface area contributed by atoms with Crippen molar-refractivity contribution in [1.29, 1.82) is 0 Å². The Hall–Kier alpha value is -3.10. The van der Waals surface area contributed by atoms with Crippen molar-refractivity contribution in [3.05, 3.63) is 102 Å². The van der Waals surface area contributed by atoms with E-state index < -0.39 is 0 Å². The third-order valence-corrected chi connectivity index (χ3v) is 10.8. The molecule has 5 aliphatic carbocycles. The Morgan fingerprint density at radius 3 is 1.93 bits per heavy atom. The maximum atomic E-state index is 7.41. The standard InChI is InChI=1S/C38H40O2/c1-3-24(2)28-12-13-30-20-31(15-14-29(30)19-28)39-37(40-38-21-25-16-26(22-38)18-27(17-25)23-38)36-34-10-6-4-8-32(34)33-9-5-7-11-35(33)36/h4-15,19-20,24-27,36-37H,3,16-18,21-23H2,1-2H3. The lowest BCUT2D eigenvalue weighted by atomic mass is 9.54. The van der Waals surface area contributed by atoms with E-state index in [2.05, 4.69) is 98.8 Å². The molecule has 4 saturated carbocycles. The summed E-state index contributed by atoms with van der Waals surface area (Å²) in [5.74, 6) is 4.02. The highest BCUT2D eigenvalue weighted by molar-refractivity contribution is 5.84. The molecule has 0 heterocycles. The van der Waals surface area contributed by atoms with Crippen LogP contribution in [0.3, 0.4) is 0 Å². The minimum absolute atomic E-state index is 0.0477. The van der Waals surface area contributed by atoms with Gasteiger partial charge < -0.3 is 9.47 Å². The number of benzene rings is 4. The maximum absolute atomic E-state index is 7.41. The summed E-state index contributed by atoms with van der Waals surface area (Å²) in [6, 6.07) is 31.3. The van der Waals surface area contributed by atoms with Crippen molar-refractivity contribution in [2.75, 3.05) is 0 Å². The largest absolute Gasteiger partial charge is 0.464 e. The van der Waals surface area contributed by atoms with E-state index in [1.54, 1.807) is 0 Å². The van der Waals surface area contributed by atoms with Gasteiger partial charge in [-0.1, -0.05) is 86.6 Å². The lowest BCUT2D eigenvalue weighted by molar-refractivity contribution is -0.235. The minimum Gasteiger partial charge on any atom is -0.464 e. The van der Waals surface area contributed by atoms with E-state index in [9.17, 15) is 0 Å². The first-order valence-corrected chi connectivity index (χ1v) is 15.6. The molecule has 4 bridgehead atoms. The molecule has 2 nitrogen and oxygen atoms in total. The van der Waals surface area contributed by atoms with Crippen molar-refractivity contribution in [3.8, 4) is 16.9 Å². The fraction of sp³-hybridized carbons (Fsp3) is 0.421. The molecule has 4 aromatic rings. The second-order valence-electron chi connectivity index (χ2n) is 13.4.